The quantitative estimate of drug-likeness (QED) is 0.795. The van der Waals surface area contributed by atoms with E-state index in [1.54, 1.807) is 7.11 Å². The highest BCUT2D eigenvalue weighted by molar-refractivity contribution is 7.92. The van der Waals surface area contributed by atoms with Crippen LogP contribution in [0.1, 0.15) is 59.0 Å². The SMILES string of the molecule is CCC1(CC)CN(c2cc(COC)nc(C(C)(C)C)n2)CCS1(=O)=O. The molecule has 0 amide bonds. The van der Waals surface area contributed by atoms with Gasteiger partial charge < -0.3 is 9.64 Å². The highest BCUT2D eigenvalue weighted by atomic mass is 32.2. The molecule has 0 atom stereocenters. The van der Waals surface area contributed by atoms with Gasteiger partial charge in [-0.3, -0.25) is 0 Å². The molecule has 0 aliphatic carbocycles. The molecular formula is C18H31N3O3S. The number of hydrogen-bond acceptors (Lipinski definition) is 6. The van der Waals surface area contributed by atoms with E-state index in [9.17, 15) is 8.42 Å². The summed E-state index contributed by atoms with van der Waals surface area (Å²) in [7, 11) is -1.45. The van der Waals surface area contributed by atoms with Crippen molar-refractivity contribution in [3.05, 3.63) is 17.6 Å². The van der Waals surface area contributed by atoms with Crippen molar-refractivity contribution in [2.75, 3.05) is 30.9 Å². The fourth-order valence-corrected chi connectivity index (χ4v) is 5.41. The van der Waals surface area contributed by atoms with Gasteiger partial charge in [-0.2, -0.15) is 0 Å². The van der Waals surface area contributed by atoms with Crippen LogP contribution in [0.25, 0.3) is 0 Å². The third-order valence-corrected chi connectivity index (χ3v) is 7.86. The Balaban J connectivity index is 2.45. The lowest BCUT2D eigenvalue weighted by molar-refractivity contribution is 0.181. The van der Waals surface area contributed by atoms with E-state index in [0.29, 0.717) is 32.5 Å². The maximum Gasteiger partial charge on any atom is 0.159 e. The van der Waals surface area contributed by atoms with Gasteiger partial charge >= 0.3 is 0 Å². The van der Waals surface area contributed by atoms with E-state index in [1.165, 1.54) is 0 Å². The molecule has 1 aliphatic rings. The molecule has 0 bridgehead atoms. The third-order valence-electron chi connectivity index (χ3n) is 5.11. The summed E-state index contributed by atoms with van der Waals surface area (Å²) in [5.74, 6) is 1.72. The number of anilines is 1. The Morgan fingerprint density at radius 2 is 1.88 bits per heavy atom. The van der Waals surface area contributed by atoms with E-state index < -0.39 is 14.6 Å². The van der Waals surface area contributed by atoms with Crippen molar-refractivity contribution < 1.29 is 13.2 Å². The molecule has 1 aromatic rings. The van der Waals surface area contributed by atoms with Gasteiger partial charge in [-0.05, 0) is 12.8 Å². The summed E-state index contributed by atoms with van der Waals surface area (Å²) in [6.45, 7) is 11.5. The molecule has 1 aliphatic heterocycles. The fourth-order valence-electron chi connectivity index (χ4n) is 3.28. The van der Waals surface area contributed by atoms with Crippen molar-refractivity contribution in [2.24, 2.45) is 0 Å². The first-order valence-corrected chi connectivity index (χ1v) is 10.6. The molecule has 6 nitrogen and oxygen atoms in total. The second-order valence-corrected chi connectivity index (χ2v) is 10.4. The van der Waals surface area contributed by atoms with Crippen LogP contribution in [0.2, 0.25) is 0 Å². The second-order valence-electron chi connectivity index (χ2n) is 7.85. The Morgan fingerprint density at radius 1 is 1.24 bits per heavy atom. The van der Waals surface area contributed by atoms with Gasteiger partial charge in [-0.25, -0.2) is 18.4 Å². The van der Waals surface area contributed by atoms with Crippen LogP contribution in [0.15, 0.2) is 6.07 Å². The minimum Gasteiger partial charge on any atom is -0.378 e. The van der Waals surface area contributed by atoms with E-state index in [2.05, 4.69) is 30.7 Å². The fraction of sp³-hybridized carbons (Fsp3) is 0.778. The van der Waals surface area contributed by atoms with Crippen LogP contribution < -0.4 is 4.90 Å². The van der Waals surface area contributed by atoms with E-state index >= 15 is 0 Å². The van der Waals surface area contributed by atoms with E-state index in [-0.39, 0.29) is 11.2 Å². The molecule has 0 spiro atoms. The summed E-state index contributed by atoms with van der Waals surface area (Å²) in [6, 6.07) is 1.92. The molecule has 2 heterocycles. The Labute approximate surface area is 151 Å². The monoisotopic (exact) mass is 369 g/mol. The third kappa shape index (κ3) is 3.97. The summed E-state index contributed by atoms with van der Waals surface area (Å²) >= 11 is 0. The Morgan fingerprint density at radius 3 is 2.40 bits per heavy atom. The number of rotatable bonds is 5. The molecule has 1 saturated heterocycles. The van der Waals surface area contributed by atoms with Gasteiger partial charge in [-0.15, -0.1) is 0 Å². The summed E-state index contributed by atoms with van der Waals surface area (Å²) in [6.07, 6.45) is 1.23. The second kappa shape index (κ2) is 7.19. The summed E-state index contributed by atoms with van der Waals surface area (Å²) in [5.41, 5.74) is 0.636. The summed E-state index contributed by atoms with van der Waals surface area (Å²) < 4.78 is 29.9. The average Bonchev–Trinajstić information content (AvgIpc) is 2.54. The van der Waals surface area contributed by atoms with Crippen LogP contribution in [-0.4, -0.2) is 49.1 Å². The molecule has 1 aromatic heterocycles. The van der Waals surface area contributed by atoms with Crippen molar-refractivity contribution in [3.63, 3.8) is 0 Å². The molecule has 25 heavy (non-hydrogen) atoms. The van der Waals surface area contributed by atoms with Gasteiger partial charge in [0.2, 0.25) is 0 Å². The maximum atomic E-state index is 12.7. The van der Waals surface area contributed by atoms with Gasteiger partial charge in [-0.1, -0.05) is 34.6 Å². The first-order valence-electron chi connectivity index (χ1n) is 8.93. The average molecular weight is 370 g/mol. The van der Waals surface area contributed by atoms with Crippen LogP contribution in [0.5, 0.6) is 0 Å². The number of nitrogens with zero attached hydrogens (tertiary/aromatic N) is 3. The lowest BCUT2D eigenvalue weighted by Gasteiger charge is -2.42. The number of sulfone groups is 1. The van der Waals surface area contributed by atoms with E-state index in [0.717, 1.165) is 17.3 Å². The predicted molar refractivity (Wildman–Crippen MR) is 101 cm³/mol. The Bertz CT molecular complexity index is 707. The molecule has 0 radical (unpaired) electrons. The molecule has 0 unspecified atom stereocenters. The minimum atomic E-state index is -3.09. The predicted octanol–water partition coefficient (Wildman–Crippen LogP) is 2.71. The van der Waals surface area contributed by atoms with Crippen LogP contribution in [0, 0.1) is 0 Å². The van der Waals surface area contributed by atoms with Crippen LogP contribution in [-0.2, 0) is 26.6 Å². The number of methoxy groups -OCH3 is 1. The zero-order chi connectivity index (χ0) is 18.9. The molecule has 2 rings (SSSR count). The number of ether oxygens (including phenoxy) is 1. The Kier molecular flexibility index (Phi) is 5.78. The molecule has 0 N–H and O–H groups in total. The smallest absolute Gasteiger partial charge is 0.159 e. The van der Waals surface area contributed by atoms with E-state index in [1.807, 2.05) is 19.9 Å². The van der Waals surface area contributed by atoms with Crippen molar-refractivity contribution in [1.82, 2.24) is 9.97 Å². The molecule has 0 saturated carbocycles. The molecule has 0 aromatic carbocycles. The zero-order valence-electron chi connectivity index (χ0n) is 16.3. The van der Waals surface area contributed by atoms with Crippen molar-refractivity contribution in [1.29, 1.82) is 0 Å². The zero-order valence-corrected chi connectivity index (χ0v) is 17.1. The minimum absolute atomic E-state index is 0.170. The largest absolute Gasteiger partial charge is 0.378 e. The topological polar surface area (TPSA) is 72.4 Å². The highest BCUT2D eigenvalue weighted by Crippen LogP contribution is 2.34. The lowest BCUT2D eigenvalue weighted by Crippen LogP contribution is -2.56. The number of hydrogen-bond donors (Lipinski definition) is 0. The first-order chi connectivity index (χ1) is 11.6. The highest BCUT2D eigenvalue weighted by Gasteiger charge is 2.45. The summed E-state index contributed by atoms with van der Waals surface area (Å²) in [4.78, 5) is 11.5. The van der Waals surface area contributed by atoms with E-state index in [4.69, 9.17) is 9.72 Å². The van der Waals surface area contributed by atoms with Gasteiger partial charge in [0.1, 0.15) is 11.6 Å². The van der Waals surface area contributed by atoms with Gasteiger partial charge in [0.05, 0.1) is 22.8 Å². The summed E-state index contributed by atoms with van der Waals surface area (Å²) in [5, 5.41) is 0. The number of aromatic nitrogens is 2. The van der Waals surface area contributed by atoms with Crippen molar-refractivity contribution >= 4 is 15.7 Å². The van der Waals surface area contributed by atoms with Crippen molar-refractivity contribution in [2.45, 2.75) is 64.2 Å². The van der Waals surface area contributed by atoms with Crippen molar-refractivity contribution in [3.8, 4) is 0 Å². The Hall–Kier alpha value is -1.21. The molecule has 7 heteroatoms. The molecule has 142 valence electrons. The molecule has 1 fully saturated rings. The first kappa shape index (κ1) is 20.1. The normalized spacial score (nSPS) is 19.8. The standard InChI is InChI=1S/C18H31N3O3S/c1-7-18(8-2)13-21(9-10-25(18,22)23)15-11-14(12-24-6)19-16(20-15)17(3,4)5/h11H,7-10,12-13H2,1-6H3. The van der Waals surface area contributed by atoms with Crippen LogP contribution in [0.3, 0.4) is 0 Å². The lowest BCUT2D eigenvalue weighted by atomic mass is 9.95. The molecular weight excluding hydrogens is 338 g/mol. The van der Waals surface area contributed by atoms with Crippen LogP contribution in [0.4, 0.5) is 5.82 Å². The maximum absolute atomic E-state index is 12.7. The van der Waals surface area contributed by atoms with Crippen LogP contribution >= 0.6 is 0 Å². The van der Waals surface area contributed by atoms with Gasteiger partial charge in [0.15, 0.2) is 9.84 Å². The van der Waals surface area contributed by atoms with Gasteiger partial charge in [0.25, 0.3) is 0 Å². The van der Waals surface area contributed by atoms with Gasteiger partial charge in [0, 0.05) is 31.7 Å².